The summed E-state index contributed by atoms with van der Waals surface area (Å²) >= 11 is 0. The van der Waals surface area contributed by atoms with Crippen LogP contribution in [0.1, 0.15) is 53.4 Å². The summed E-state index contributed by atoms with van der Waals surface area (Å²) in [4.78, 5) is 0. The molecule has 0 nitrogen and oxygen atoms in total. The monoisotopic (exact) mass is 384 g/mol. The molecule has 122 valence electrons. The summed E-state index contributed by atoms with van der Waals surface area (Å²) in [6.07, 6.45) is 31.0. The first-order valence-corrected chi connectivity index (χ1v) is 8.33. The molecule has 0 spiro atoms. The van der Waals surface area contributed by atoms with Gasteiger partial charge in [-0.15, -0.1) is 25.7 Å². The summed E-state index contributed by atoms with van der Waals surface area (Å²) < 4.78 is 0. The molecule has 0 atom stereocenters. The van der Waals surface area contributed by atoms with E-state index in [1.54, 1.807) is 0 Å². The Labute approximate surface area is 164 Å². The molecule has 23 heavy (non-hydrogen) atoms. The van der Waals surface area contributed by atoms with Gasteiger partial charge in [-0.1, -0.05) is 76.3 Å². The zero-order valence-electron chi connectivity index (χ0n) is 15.1. The molecule has 0 saturated heterocycles. The molecule has 2 radical (unpaired) electrons. The van der Waals surface area contributed by atoms with Gasteiger partial charge in [0.1, 0.15) is 0 Å². The Morgan fingerprint density at radius 1 is 0.565 bits per heavy atom. The molecule has 0 saturated carbocycles. The van der Waals surface area contributed by atoms with Crippen LogP contribution in [0.3, 0.4) is 0 Å². The molecule has 0 heterocycles. The van der Waals surface area contributed by atoms with Gasteiger partial charge in [0.05, 0.1) is 0 Å². The minimum atomic E-state index is 0. The fourth-order valence-electron chi connectivity index (χ4n) is 1.96. The molecule has 0 unspecified atom stereocenters. The average molecular weight is 386 g/mol. The van der Waals surface area contributed by atoms with Crippen molar-refractivity contribution in [1.29, 1.82) is 0 Å². The molecule has 2 aliphatic carbocycles. The van der Waals surface area contributed by atoms with Crippen LogP contribution < -0.4 is 0 Å². The van der Waals surface area contributed by atoms with Crippen molar-refractivity contribution in [3.63, 3.8) is 0 Å². The third kappa shape index (κ3) is 14.6. The smallest absolute Gasteiger partial charge is 0.373 e. The molecule has 2 rings (SSSR count). The Morgan fingerprint density at radius 2 is 0.870 bits per heavy atom. The van der Waals surface area contributed by atoms with Crippen molar-refractivity contribution in [1.82, 2.24) is 0 Å². The first-order chi connectivity index (χ1) is 10.8. The summed E-state index contributed by atoms with van der Waals surface area (Å²) in [5.41, 5.74) is 2.73. The molecular formula is C22H30Zr. The molecule has 1 heteroatoms. The summed E-state index contributed by atoms with van der Waals surface area (Å²) in [6.45, 7) is 8.64. The van der Waals surface area contributed by atoms with Crippen LogP contribution in [0.4, 0.5) is 0 Å². The standard InChI is InChI=1S/C12H20.2C5H5.Zr/c1-5-9-11(7-3)12(8-4)10-6-2;2*1-2-4-5-3-1;/h5-8H2,1-4H3;2*1-5H;/q-2;;;+2. The molecule has 0 bridgehead atoms. The van der Waals surface area contributed by atoms with E-state index in [9.17, 15) is 0 Å². The van der Waals surface area contributed by atoms with Gasteiger partial charge < -0.3 is 23.3 Å². The van der Waals surface area contributed by atoms with Gasteiger partial charge in [0.25, 0.3) is 0 Å². The molecule has 0 aromatic heterocycles. The number of rotatable bonds is 5. The van der Waals surface area contributed by atoms with E-state index < -0.39 is 0 Å². The predicted octanol–water partition coefficient (Wildman–Crippen LogP) is 6.72. The van der Waals surface area contributed by atoms with Gasteiger partial charge in [-0.3, -0.25) is 0 Å². The normalized spacial score (nSPS) is 14.8. The quantitative estimate of drug-likeness (QED) is 0.364. The molecule has 2 aliphatic rings. The Balaban J connectivity index is 0. The van der Waals surface area contributed by atoms with Crippen molar-refractivity contribution in [3.05, 3.63) is 84.7 Å². The second kappa shape index (κ2) is 19.4. The number of hydrogen-bond donors (Lipinski definition) is 0. The second-order valence-electron chi connectivity index (χ2n) is 4.65. The first-order valence-electron chi connectivity index (χ1n) is 8.33. The van der Waals surface area contributed by atoms with Crippen LogP contribution in [0, 0.1) is 25.0 Å². The van der Waals surface area contributed by atoms with Crippen molar-refractivity contribution < 1.29 is 26.2 Å². The number of allylic oxidation sites excluding steroid dienone is 12. The topological polar surface area (TPSA) is 0 Å². The second-order valence-corrected chi connectivity index (χ2v) is 4.65. The average Bonchev–Trinajstić information content (AvgIpc) is 3.28. The van der Waals surface area contributed by atoms with Gasteiger partial charge in [-0.05, 0) is 0 Å². The van der Waals surface area contributed by atoms with Crippen molar-refractivity contribution in [2.24, 2.45) is 0 Å². The molecule has 0 N–H and O–H groups in total. The van der Waals surface area contributed by atoms with Crippen LogP contribution in [0.2, 0.25) is 0 Å². The Hall–Kier alpha value is -0.677. The fourth-order valence-corrected chi connectivity index (χ4v) is 1.96. The van der Waals surface area contributed by atoms with Gasteiger partial charge in [0, 0.05) is 12.8 Å². The maximum Gasteiger partial charge on any atom is 2.00 e. The Morgan fingerprint density at radius 3 is 1.00 bits per heavy atom. The molecule has 0 fully saturated rings. The van der Waals surface area contributed by atoms with Crippen LogP contribution in [0.25, 0.3) is 0 Å². The fraction of sp³-hybridized carbons (Fsp3) is 0.364. The van der Waals surface area contributed by atoms with Crippen LogP contribution >= 0.6 is 0 Å². The van der Waals surface area contributed by atoms with Crippen LogP contribution in [0.15, 0.2) is 59.8 Å². The van der Waals surface area contributed by atoms with Crippen LogP contribution in [-0.4, -0.2) is 0 Å². The maximum absolute atomic E-state index is 3.39. The number of hydrogen-bond acceptors (Lipinski definition) is 0. The maximum atomic E-state index is 3.39. The first kappa shape index (κ1) is 24.6. The minimum Gasteiger partial charge on any atom is -0.373 e. The molecular weight excluding hydrogens is 355 g/mol. The predicted molar refractivity (Wildman–Crippen MR) is 99.8 cm³/mol. The SMILES string of the molecule is CC[C-]=C(CC)C(=[C-]CC)CC.[CH]1C=CC=C1.[CH]1C=CC=C1.[Zr+2]. The Kier molecular flexibility index (Phi) is 20.7. The largest absolute Gasteiger partial charge is 2.00 e. The third-order valence-electron chi connectivity index (χ3n) is 2.96. The Bertz CT molecular complexity index is 369. The van der Waals surface area contributed by atoms with E-state index in [1.807, 2.05) is 61.4 Å². The van der Waals surface area contributed by atoms with E-state index in [2.05, 4.69) is 39.8 Å². The van der Waals surface area contributed by atoms with Gasteiger partial charge in [-0.25, -0.2) is 0 Å². The summed E-state index contributed by atoms with van der Waals surface area (Å²) in [6, 6.07) is 0. The molecule has 0 aromatic carbocycles. The van der Waals surface area contributed by atoms with Gasteiger partial charge in [0.15, 0.2) is 0 Å². The van der Waals surface area contributed by atoms with Gasteiger partial charge >= 0.3 is 26.2 Å². The zero-order valence-corrected chi connectivity index (χ0v) is 17.6. The van der Waals surface area contributed by atoms with Crippen molar-refractivity contribution >= 4 is 0 Å². The van der Waals surface area contributed by atoms with Crippen molar-refractivity contribution in [3.8, 4) is 0 Å². The van der Waals surface area contributed by atoms with Crippen LogP contribution in [0.5, 0.6) is 0 Å². The van der Waals surface area contributed by atoms with E-state index in [0.717, 1.165) is 25.7 Å². The van der Waals surface area contributed by atoms with E-state index >= 15 is 0 Å². The van der Waals surface area contributed by atoms with Crippen molar-refractivity contribution in [2.75, 3.05) is 0 Å². The van der Waals surface area contributed by atoms with E-state index in [-0.39, 0.29) is 26.2 Å². The minimum absolute atomic E-state index is 0. The summed E-state index contributed by atoms with van der Waals surface area (Å²) in [5, 5.41) is 0. The van der Waals surface area contributed by atoms with Crippen molar-refractivity contribution in [2.45, 2.75) is 53.4 Å². The van der Waals surface area contributed by atoms with Crippen LogP contribution in [-0.2, 0) is 26.2 Å². The summed E-state index contributed by atoms with van der Waals surface area (Å²) in [7, 11) is 0. The molecule has 0 aliphatic heterocycles. The summed E-state index contributed by atoms with van der Waals surface area (Å²) in [5.74, 6) is 0. The third-order valence-corrected chi connectivity index (χ3v) is 2.96. The van der Waals surface area contributed by atoms with Gasteiger partial charge in [-0.2, -0.15) is 0 Å². The molecule has 0 amide bonds. The van der Waals surface area contributed by atoms with E-state index in [0.29, 0.717) is 0 Å². The van der Waals surface area contributed by atoms with Gasteiger partial charge in [0.2, 0.25) is 0 Å². The molecule has 0 aromatic rings. The zero-order chi connectivity index (χ0) is 16.5. The van der Waals surface area contributed by atoms with E-state index in [1.165, 1.54) is 11.1 Å². The van der Waals surface area contributed by atoms with E-state index in [4.69, 9.17) is 0 Å².